The van der Waals surface area contributed by atoms with Gasteiger partial charge >= 0.3 is 11.9 Å². The molecular weight excluding hydrogens is 335 g/mol. The van der Waals surface area contributed by atoms with Crippen molar-refractivity contribution in [3.8, 4) is 0 Å². The lowest BCUT2D eigenvalue weighted by atomic mass is 10.3. The number of carboxylic acid groups (broad SMARTS) is 1. The summed E-state index contributed by atoms with van der Waals surface area (Å²) in [5.74, 6) is -1.63. The normalized spacial score (nSPS) is 8.41. The molecule has 0 unspecified atom stereocenters. The number of hydrogen-bond donors (Lipinski definition) is 1. The number of carboxylic acids is 1. The second-order valence-electron chi connectivity index (χ2n) is 3.61. The van der Waals surface area contributed by atoms with Crippen LogP contribution in [0.25, 0.3) is 0 Å². The molecule has 8 heteroatoms. The quantitative estimate of drug-likeness (QED) is 0.840. The standard InChI is InChI=1S/C6H4Cl2.C6H10O4.C2H4O2/c7-5-1-2-6(8)4-3-5;1-9-5(7)3-4-6(8)10-2;1-2(3)4/h1-4H;3-4H2,1-2H3;1H3,(H,3,4). The Labute approximate surface area is 138 Å². The number of halogens is 2. The van der Waals surface area contributed by atoms with E-state index in [4.69, 9.17) is 33.1 Å². The Morgan fingerprint density at radius 1 is 0.909 bits per heavy atom. The summed E-state index contributed by atoms with van der Waals surface area (Å²) in [6.45, 7) is 1.08. The van der Waals surface area contributed by atoms with E-state index in [9.17, 15) is 9.59 Å². The number of methoxy groups -OCH3 is 2. The summed E-state index contributed by atoms with van der Waals surface area (Å²) in [7, 11) is 2.55. The number of carbonyl (C=O) groups excluding carboxylic acids is 2. The zero-order chi connectivity index (χ0) is 17.5. The first kappa shape index (κ1) is 22.5. The third-order valence-corrected chi connectivity index (χ3v) is 2.30. The minimum atomic E-state index is -0.833. The van der Waals surface area contributed by atoms with Crippen molar-refractivity contribution in [1.82, 2.24) is 0 Å². The van der Waals surface area contributed by atoms with E-state index in [1.54, 1.807) is 24.3 Å². The Balaban J connectivity index is 0. The van der Waals surface area contributed by atoms with E-state index in [0.29, 0.717) is 0 Å². The number of aliphatic carboxylic acids is 1. The molecule has 1 aromatic carbocycles. The second-order valence-corrected chi connectivity index (χ2v) is 4.48. The minimum absolute atomic E-state index is 0.0865. The van der Waals surface area contributed by atoms with Gasteiger partial charge in [-0.1, -0.05) is 23.2 Å². The van der Waals surface area contributed by atoms with Gasteiger partial charge in [0.1, 0.15) is 0 Å². The lowest BCUT2D eigenvalue weighted by Crippen LogP contribution is -2.06. The zero-order valence-electron chi connectivity index (χ0n) is 12.5. The van der Waals surface area contributed by atoms with Crippen molar-refractivity contribution >= 4 is 41.1 Å². The van der Waals surface area contributed by atoms with Crippen molar-refractivity contribution in [2.24, 2.45) is 0 Å². The smallest absolute Gasteiger partial charge is 0.306 e. The number of benzene rings is 1. The van der Waals surface area contributed by atoms with Crippen molar-refractivity contribution in [3.05, 3.63) is 34.3 Å². The van der Waals surface area contributed by atoms with Gasteiger partial charge in [0.25, 0.3) is 5.97 Å². The molecule has 0 aliphatic heterocycles. The van der Waals surface area contributed by atoms with E-state index in [-0.39, 0.29) is 12.8 Å². The van der Waals surface area contributed by atoms with Crippen molar-refractivity contribution < 1.29 is 29.0 Å². The molecule has 0 saturated carbocycles. The molecule has 0 heterocycles. The summed E-state index contributed by atoms with van der Waals surface area (Å²) in [6, 6.07) is 7.02. The molecule has 124 valence electrons. The SMILES string of the molecule is CC(=O)O.COC(=O)CCC(=O)OC.Clc1ccc(Cl)cc1. The highest BCUT2D eigenvalue weighted by Gasteiger charge is 2.05. The zero-order valence-corrected chi connectivity index (χ0v) is 14.0. The van der Waals surface area contributed by atoms with Crippen LogP contribution in [-0.2, 0) is 23.9 Å². The lowest BCUT2D eigenvalue weighted by Gasteiger charge is -1.96. The molecule has 6 nitrogen and oxygen atoms in total. The van der Waals surface area contributed by atoms with E-state index in [1.165, 1.54) is 14.2 Å². The molecule has 0 aromatic heterocycles. The fourth-order valence-corrected chi connectivity index (χ4v) is 1.09. The molecular formula is C14H18Cl2O6. The Morgan fingerprint density at radius 2 is 1.14 bits per heavy atom. The molecule has 0 bridgehead atoms. The first-order valence-corrected chi connectivity index (χ1v) is 6.72. The molecule has 1 rings (SSSR count). The highest BCUT2D eigenvalue weighted by Crippen LogP contribution is 2.12. The molecule has 0 atom stereocenters. The van der Waals surface area contributed by atoms with Crippen LogP contribution in [0.4, 0.5) is 0 Å². The molecule has 0 radical (unpaired) electrons. The third-order valence-electron chi connectivity index (χ3n) is 1.79. The van der Waals surface area contributed by atoms with Crippen molar-refractivity contribution in [3.63, 3.8) is 0 Å². The van der Waals surface area contributed by atoms with Crippen LogP contribution in [-0.4, -0.2) is 37.2 Å². The molecule has 0 aliphatic carbocycles. The summed E-state index contributed by atoms with van der Waals surface area (Å²) >= 11 is 11.1. The number of rotatable bonds is 3. The van der Waals surface area contributed by atoms with Crippen LogP contribution < -0.4 is 0 Å². The van der Waals surface area contributed by atoms with Crippen LogP contribution in [0.3, 0.4) is 0 Å². The topological polar surface area (TPSA) is 89.9 Å². The first-order chi connectivity index (χ1) is 10.2. The highest BCUT2D eigenvalue weighted by atomic mass is 35.5. The molecule has 0 aliphatic rings. The number of carbonyl (C=O) groups is 3. The van der Waals surface area contributed by atoms with Crippen LogP contribution in [0.1, 0.15) is 19.8 Å². The van der Waals surface area contributed by atoms with E-state index in [1.807, 2.05) is 0 Å². The molecule has 0 saturated heterocycles. The number of hydrogen-bond acceptors (Lipinski definition) is 5. The van der Waals surface area contributed by atoms with Gasteiger partial charge in [0, 0.05) is 17.0 Å². The van der Waals surface area contributed by atoms with Gasteiger partial charge in [-0.25, -0.2) is 0 Å². The van der Waals surface area contributed by atoms with Crippen molar-refractivity contribution in [2.45, 2.75) is 19.8 Å². The maximum Gasteiger partial charge on any atom is 0.306 e. The summed E-state index contributed by atoms with van der Waals surface area (Å²) in [5.41, 5.74) is 0. The first-order valence-electron chi connectivity index (χ1n) is 5.97. The van der Waals surface area contributed by atoms with Gasteiger partial charge in [0.15, 0.2) is 0 Å². The lowest BCUT2D eigenvalue weighted by molar-refractivity contribution is -0.147. The van der Waals surface area contributed by atoms with Gasteiger partial charge in [-0.3, -0.25) is 14.4 Å². The van der Waals surface area contributed by atoms with E-state index in [0.717, 1.165) is 17.0 Å². The highest BCUT2D eigenvalue weighted by molar-refractivity contribution is 6.32. The van der Waals surface area contributed by atoms with Crippen LogP contribution in [0, 0.1) is 0 Å². The van der Waals surface area contributed by atoms with E-state index in [2.05, 4.69) is 9.47 Å². The second kappa shape index (κ2) is 14.2. The van der Waals surface area contributed by atoms with Crippen LogP contribution in [0.2, 0.25) is 10.0 Å². The maximum atomic E-state index is 10.4. The van der Waals surface area contributed by atoms with Crippen LogP contribution in [0.15, 0.2) is 24.3 Å². The average Bonchev–Trinajstić information content (AvgIpc) is 2.47. The summed E-state index contributed by atoms with van der Waals surface area (Å²) in [4.78, 5) is 29.8. The Morgan fingerprint density at radius 3 is 1.32 bits per heavy atom. The Kier molecular flexibility index (Phi) is 14.5. The summed E-state index contributed by atoms with van der Waals surface area (Å²) in [5, 5.41) is 8.85. The van der Waals surface area contributed by atoms with Gasteiger partial charge in [-0.15, -0.1) is 0 Å². The monoisotopic (exact) mass is 352 g/mol. The van der Waals surface area contributed by atoms with Gasteiger partial charge in [-0.05, 0) is 24.3 Å². The van der Waals surface area contributed by atoms with Gasteiger partial charge < -0.3 is 14.6 Å². The fourth-order valence-electron chi connectivity index (χ4n) is 0.838. The summed E-state index contributed by atoms with van der Waals surface area (Å²) < 4.78 is 8.60. The third kappa shape index (κ3) is 18.2. The van der Waals surface area contributed by atoms with Crippen LogP contribution >= 0.6 is 23.2 Å². The van der Waals surface area contributed by atoms with Crippen molar-refractivity contribution in [2.75, 3.05) is 14.2 Å². The number of esters is 2. The van der Waals surface area contributed by atoms with E-state index >= 15 is 0 Å². The maximum absolute atomic E-state index is 10.4. The van der Waals surface area contributed by atoms with Crippen molar-refractivity contribution in [1.29, 1.82) is 0 Å². The van der Waals surface area contributed by atoms with Gasteiger partial charge in [0.2, 0.25) is 0 Å². The summed E-state index contributed by atoms with van der Waals surface area (Å²) in [6.07, 6.45) is 0.173. The average molecular weight is 353 g/mol. The van der Waals surface area contributed by atoms with Gasteiger partial charge in [-0.2, -0.15) is 0 Å². The Hall–Kier alpha value is -1.79. The minimum Gasteiger partial charge on any atom is -0.481 e. The predicted octanol–water partition coefficient (Wildman–Crippen LogP) is 3.20. The van der Waals surface area contributed by atoms with Gasteiger partial charge in [0.05, 0.1) is 27.1 Å². The molecule has 0 spiro atoms. The number of ether oxygens (including phenoxy) is 2. The predicted molar refractivity (Wildman–Crippen MR) is 83.0 cm³/mol. The fraction of sp³-hybridized carbons (Fsp3) is 0.357. The van der Waals surface area contributed by atoms with E-state index < -0.39 is 17.9 Å². The Bertz CT molecular complexity index is 418. The molecule has 22 heavy (non-hydrogen) atoms. The molecule has 1 N–H and O–H groups in total. The van der Waals surface area contributed by atoms with Crippen LogP contribution in [0.5, 0.6) is 0 Å². The largest absolute Gasteiger partial charge is 0.481 e. The molecule has 1 aromatic rings. The molecule has 0 fully saturated rings. The molecule has 0 amide bonds.